The molecule has 0 saturated carbocycles. The van der Waals surface area contributed by atoms with Gasteiger partial charge in [0.15, 0.2) is 0 Å². The molecule has 1 aromatic heterocycles. The number of carbonyl (C=O) groups excluding carboxylic acids is 1. The summed E-state index contributed by atoms with van der Waals surface area (Å²) in [6.45, 7) is 6.66. The van der Waals surface area contributed by atoms with Gasteiger partial charge in [0, 0.05) is 37.3 Å². The van der Waals surface area contributed by atoms with Crippen LogP contribution >= 0.6 is 0 Å². The van der Waals surface area contributed by atoms with Gasteiger partial charge >= 0.3 is 0 Å². The summed E-state index contributed by atoms with van der Waals surface area (Å²) in [5.41, 5.74) is 4.10. The van der Waals surface area contributed by atoms with Crippen molar-refractivity contribution in [3.63, 3.8) is 0 Å². The van der Waals surface area contributed by atoms with Gasteiger partial charge in [-0.1, -0.05) is 37.6 Å². The molecule has 0 spiro atoms. The number of ether oxygens (including phenoxy) is 1. The molecule has 2 heterocycles. The molecule has 0 bridgehead atoms. The number of amides is 1. The smallest absolute Gasteiger partial charge is 0.227 e. The molecule has 4 rings (SSSR count). The summed E-state index contributed by atoms with van der Waals surface area (Å²) in [6, 6.07) is 11.2. The van der Waals surface area contributed by atoms with Crippen LogP contribution in [-0.2, 0) is 30.8 Å². The standard InChI is InChI=1S/C24H27FN2O2/c1-3-5-10-29-22-13-20(25)12-21-24(22)19(16-26(21)4-2)11-23(28)27-14-17-8-6-7-9-18(17)15-27/h6-9,12-13,16H,3-5,10-11,14-15H2,1-2H3. The van der Waals surface area contributed by atoms with Gasteiger partial charge in [0.1, 0.15) is 11.6 Å². The Morgan fingerprint density at radius 1 is 1.14 bits per heavy atom. The van der Waals surface area contributed by atoms with Gasteiger partial charge in [0.05, 0.1) is 18.5 Å². The van der Waals surface area contributed by atoms with Crippen LogP contribution in [0.4, 0.5) is 4.39 Å². The number of unbranched alkanes of at least 4 members (excludes halogenated alkanes) is 1. The molecule has 0 N–H and O–H groups in total. The zero-order valence-electron chi connectivity index (χ0n) is 17.1. The van der Waals surface area contributed by atoms with Crippen LogP contribution in [0, 0.1) is 5.82 Å². The second-order valence-corrected chi connectivity index (χ2v) is 7.64. The third kappa shape index (κ3) is 3.86. The Balaban J connectivity index is 1.63. The van der Waals surface area contributed by atoms with Crippen molar-refractivity contribution in [3.05, 3.63) is 65.1 Å². The summed E-state index contributed by atoms with van der Waals surface area (Å²) >= 11 is 0. The van der Waals surface area contributed by atoms with Crippen LogP contribution in [0.25, 0.3) is 10.9 Å². The highest BCUT2D eigenvalue weighted by atomic mass is 19.1. The first-order chi connectivity index (χ1) is 14.1. The van der Waals surface area contributed by atoms with Gasteiger partial charge < -0.3 is 14.2 Å². The maximum Gasteiger partial charge on any atom is 0.227 e. The van der Waals surface area contributed by atoms with Crippen molar-refractivity contribution in [2.75, 3.05) is 6.61 Å². The molecular weight excluding hydrogens is 367 g/mol. The second-order valence-electron chi connectivity index (χ2n) is 7.64. The minimum absolute atomic E-state index is 0.0835. The number of nitrogens with zero attached hydrogens (tertiary/aromatic N) is 2. The van der Waals surface area contributed by atoms with Crippen molar-refractivity contribution in [1.82, 2.24) is 9.47 Å². The molecule has 0 unspecified atom stereocenters. The Morgan fingerprint density at radius 3 is 2.52 bits per heavy atom. The normalized spacial score (nSPS) is 13.1. The molecule has 0 aliphatic carbocycles. The number of hydrogen-bond donors (Lipinski definition) is 0. The van der Waals surface area contributed by atoms with Crippen LogP contribution in [0.15, 0.2) is 42.6 Å². The lowest BCUT2D eigenvalue weighted by atomic mass is 10.1. The predicted octanol–water partition coefficient (Wildman–Crippen LogP) is 5.06. The minimum atomic E-state index is -0.315. The van der Waals surface area contributed by atoms with Crippen LogP contribution in [0.2, 0.25) is 0 Å². The van der Waals surface area contributed by atoms with Crippen molar-refractivity contribution < 1.29 is 13.9 Å². The van der Waals surface area contributed by atoms with Crippen molar-refractivity contribution in [2.45, 2.75) is 52.7 Å². The maximum atomic E-state index is 14.2. The van der Waals surface area contributed by atoms with E-state index in [1.54, 1.807) is 0 Å². The summed E-state index contributed by atoms with van der Waals surface area (Å²) in [6.07, 6.45) is 4.17. The molecule has 0 fully saturated rings. The maximum absolute atomic E-state index is 14.2. The largest absolute Gasteiger partial charge is 0.493 e. The van der Waals surface area contributed by atoms with Crippen LogP contribution in [-0.4, -0.2) is 22.0 Å². The number of fused-ring (bicyclic) bond motifs is 2. The Kier molecular flexibility index (Phi) is 5.56. The fourth-order valence-electron chi connectivity index (χ4n) is 4.06. The first kappa shape index (κ1) is 19.5. The number of carbonyl (C=O) groups is 1. The predicted molar refractivity (Wildman–Crippen MR) is 112 cm³/mol. The molecule has 0 radical (unpaired) electrons. The van der Waals surface area contributed by atoms with Gasteiger partial charge in [-0.3, -0.25) is 4.79 Å². The van der Waals surface area contributed by atoms with Gasteiger partial charge in [-0.15, -0.1) is 0 Å². The molecule has 1 aliphatic rings. The van der Waals surface area contributed by atoms with Crippen LogP contribution in [0.1, 0.15) is 43.4 Å². The molecule has 3 aromatic rings. The lowest BCUT2D eigenvalue weighted by molar-refractivity contribution is -0.131. The summed E-state index contributed by atoms with van der Waals surface area (Å²) in [4.78, 5) is 15.0. The molecule has 152 valence electrons. The van der Waals surface area contributed by atoms with Crippen molar-refractivity contribution in [1.29, 1.82) is 0 Å². The fourth-order valence-corrected chi connectivity index (χ4v) is 4.06. The van der Waals surface area contributed by atoms with Crippen molar-refractivity contribution in [3.8, 4) is 5.75 Å². The first-order valence-corrected chi connectivity index (χ1v) is 10.4. The van der Waals surface area contributed by atoms with E-state index in [0.717, 1.165) is 29.3 Å². The third-order valence-corrected chi connectivity index (χ3v) is 5.62. The molecule has 0 saturated heterocycles. The average Bonchev–Trinajstić information content (AvgIpc) is 3.29. The molecular formula is C24H27FN2O2. The lowest BCUT2D eigenvalue weighted by Gasteiger charge is -2.15. The lowest BCUT2D eigenvalue weighted by Crippen LogP contribution is -2.26. The SMILES string of the molecule is CCCCOc1cc(F)cc2c1c(CC(=O)N1Cc3ccccc3C1)cn2CC. The number of halogens is 1. The highest BCUT2D eigenvalue weighted by Gasteiger charge is 2.25. The number of benzene rings is 2. The van der Waals surface area contributed by atoms with E-state index in [-0.39, 0.29) is 18.1 Å². The van der Waals surface area contributed by atoms with E-state index in [9.17, 15) is 9.18 Å². The summed E-state index contributed by atoms with van der Waals surface area (Å²) < 4.78 is 22.1. The Hall–Kier alpha value is -2.82. The molecule has 29 heavy (non-hydrogen) atoms. The van der Waals surface area contributed by atoms with Gasteiger partial charge in [-0.25, -0.2) is 4.39 Å². The second kappa shape index (κ2) is 8.27. The Bertz CT molecular complexity index is 1020. The van der Waals surface area contributed by atoms with E-state index in [2.05, 4.69) is 19.1 Å². The van der Waals surface area contributed by atoms with Gasteiger partial charge in [-0.2, -0.15) is 0 Å². The van der Waals surface area contributed by atoms with Gasteiger partial charge in [0.25, 0.3) is 0 Å². The fraction of sp³-hybridized carbons (Fsp3) is 0.375. The summed E-state index contributed by atoms with van der Waals surface area (Å²) in [5.74, 6) is 0.304. The monoisotopic (exact) mass is 394 g/mol. The minimum Gasteiger partial charge on any atom is -0.493 e. The van der Waals surface area contributed by atoms with Crippen molar-refractivity contribution >= 4 is 16.8 Å². The third-order valence-electron chi connectivity index (χ3n) is 5.62. The number of aromatic nitrogens is 1. The van der Waals surface area contributed by atoms with Crippen LogP contribution < -0.4 is 4.74 Å². The molecule has 0 atom stereocenters. The van der Waals surface area contributed by atoms with Crippen LogP contribution in [0.5, 0.6) is 5.75 Å². The molecule has 2 aromatic carbocycles. The first-order valence-electron chi connectivity index (χ1n) is 10.4. The van der Waals surface area contributed by atoms with Crippen LogP contribution in [0.3, 0.4) is 0 Å². The molecule has 1 amide bonds. The van der Waals surface area contributed by atoms with E-state index in [1.165, 1.54) is 23.3 Å². The number of rotatable bonds is 7. The van der Waals surface area contributed by atoms with E-state index < -0.39 is 0 Å². The average molecular weight is 394 g/mol. The molecule has 1 aliphatic heterocycles. The quantitative estimate of drug-likeness (QED) is 0.525. The summed E-state index contributed by atoms with van der Waals surface area (Å²) in [7, 11) is 0. The highest BCUT2D eigenvalue weighted by molar-refractivity contribution is 5.94. The molecule has 4 nitrogen and oxygen atoms in total. The van der Waals surface area contributed by atoms with Crippen molar-refractivity contribution in [2.24, 2.45) is 0 Å². The zero-order valence-corrected chi connectivity index (χ0v) is 17.1. The van der Waals surface area contributed by atoms with E-state index in [0.29, 0.717) is 32.0 Å². The van der Waals surface area contributed by atoms with E-state index in [1.807, 2.05) is 34.7 Å². The van der Waals surface area contributed by atoms with E-state index in [4.69, 9.17) is 4.74 Å². The van der Waals surface area contributed by atoms with Gasteiger partial charge in [-0.05, 0) is 36.1 Å². The number of aryl methyl sites for hydroxylation is 1. The van der Waals surface area contributed by atoms with E-state index >= 15 is 0 Å². The number of hydrogen-bond acceptors (Lipinski definition) is 2. The van der Waals surface area contributed by atoms with Gasteiger partial charge in [0.2, 0.25) is 5.91 Å². The highest BCUT2D eigenvalue weighted by Crippen LogP contribution is 2.33. The Labute approximate surface area is 170 Å². The summed E-state index contributed by atoms with van der Waals surface area (Å²) in [5, 5.41) is 0.856. The Morgan fingerprint density at radius 2 is 1.86 bits per heavy atom. The topological polar surface area (TPSA) is 34.5 Å². The zero-order chi connectivity index (χ0) is 20.4. The molecule has 5 heteroatoms.